The molecule has 0 aliphatic carbocycles. The molecule has 0 spiro atoms. The Morgan fingerprint density at radius 1 is 1.15 bits per heavy atom. The van der Waals surface area contributed by atoms with Crippen LogP contribution in [0.2, 0.25) is 0 Å². The second kappa shape index (κ2) is 9.11. The number of thioether (sulfide) groups is 1. The van der Waals surface area contributed by atoms with Crippen LogP contribution in [-0.4, -0.2) is 28.4 Å². The number of benzene rings is 3. The Labute approximate surface area is 196 Å². The van der Waals surface area contributed by atoms with E-state index in [9.17, 15) is 4.79 Å². The van der Waals surface area contributed by atoms with Crippen LogP contribution < -0.4 is 20.6 Å². The minimum atomic E-state index is -0.543. The molecule has 33 heavy (non-hydrogen) atoms. The van der Waals surface area contributed by atoms with Gasteiger partial charge in [-0.15, -0.1) is 11.7 Å². The summed E-state index contributed by atoms with van der Waals surface area (Å²) >= 11 is 1.43. The van der Waals surface area contributed by atoms with Crippen LogP contribution in [0.5, 0.6) is 5.75 Å². The van der Waals surface area contributed by atoms with Crippen LogP contribution in [-0.2, 0) is 4.79 Å². The third-order valence-corrected chi connectivity index (χ3v) is 6.36. The van der Waals surface area contributed by atoms with Crippen molar-refractivity contribution >= 4 is 39.3 Å². The van der Waals surface area contributed by atoms with Gasteiger partial charge < -0.3 is 4.74 Å². The molecule has 5 rings (SSSR count). The molecule has 1 amide bonds. The molecule has 0 radical (unpaired) electrons. The number of hydrogen-bond donors (Lipinski definition) is 1. The number of hydrazone groups is 1. The van der Waals surface area contributed by atoms with E-state index in [1.807, 2.05) is 42.5 Å². The van der Waals surface area contributed by atoms with Crippen molar-refractivity contribution in [3.63, 3.8) is 0 Å². The first-order valence-electron chi connectivity index (χ1n) is 11.0. The number of amides is 1. The van der Waals surface area contributed by atoms with Gasteiger partial charge in [-0.25, -0.2) is 5.01 Å². The number of nitrogens with zero attached hydrogens (tertiary/aromatic N) is 3. The molecular formula is C26H24N4O2S. The highest BCUT2D eigenvalue weighted by Crippen LogP contribution is 2.40. The molecule has 6 nitrogen and oxygen atoms in total. The number of amidine groups is 1. The first-order valence-corrected chi connectivity index (χ1v) is 11.9. The maximum absolute atomic E-state index is 13.3. The van der Waals surface area contributed by atoms with Crippen LogP contribution in [0.3, 0.4) is 0 Å². The fourth-order valence-electron chi connectivity index (χ4n) is 4.10. The van der Waals surface area contributed by atoms with Gasteiger partial charge in [0.05, 0.1) is 12.0 Å². The molecule has 0 fully saturated rings. The van der Waals surface area contributed by atoms with Gasteiger partial charge in [-0.05, 0) is 29.3 Å². The Hall–Kier alpha value is -3.58. The maximum Gasteiger partial charge on any atom is 0.276 e. The average Bonchev–Trinajstić information content (AvgIpc) is 2.85. The summed E-state index contributed by atoms with van der Waals surface area (Å²) in [7, 11) is 0. The van der Waals surface area contributed by atoms with Crippen LogP contribution in [0.4, 0.5) is 0 Å². The monoisotopic (exact) mass is 456 g/mol. The lowest BCUT2D eigenvalue weighted by Crippen LogP contribution is -2.50. The van der Waals surface area contributed by atoms with Gasteiger partial charge in [0.15, 0.2) is 11.3 Å². The predicted molar refractivity (Wildman–Crippen MR) is 133 cm³/mol. The fourth-order valence-corrected chi connectivity index (χ4v) is 4.68. The Morgan fingerprint density at radius 3 is 2.82 bits per heavy atom. The molecule has 166 valence electrons. The lowest BCUT2D eigenvalue weighted by Gasteiger charge is -2.35. The van der Waals surface area contributed by atoms with E-state index in [0.29, 0.717) is 23.2 Å². The number of fused-ring (bicyclic) bond motifs is 3. The molecule has 0 aromatic heterocycles. The maximum atomic E-state index is 13.3. The summed E-state index contributed by atoms with van der Waals surface area (Å²) in [5.74, 6) is 1.20. The van der Waals surface area contributed by atoms with Crippen molar-refractivity contribution in [1.82, 2.24) is 10.3 Å². The summed E-state index contributed by atoms with van der Waals surface area (Å²) in [5.41, 5.74) is 1.39. The van der Waals surface area contributed by atoms with E-state index in [-0.39, 0.29) is 5.91 Å². The molecule has 3 aromatic carbocycles. The minimum Gasteiger partial charge on any atom is -0.493 e. The molecule has 2 aliphatic rings. The van der Waals surface area contributed by atoms with Gasteiger partial charge in [-0.2, -0.15) is 0 Å². The highest BCUT2D eigenvalue weighted by molar-refractivity contribution is 8.14. The zero-order valence-corrected chi connectivity index (χ0v) is 19.1. The zero-order chi connectivity index (χ0) is 22.8. The SMILES string of the molecule is C=CCSC1=NN2C(=c3ccccc3=N[C@@H]2c2c(OCCC)ccc3ccccc23)C(=O)N1. The van der Waals surface area contributed by atoms with Crippen molar-refractivity contribution in [1.29, 1.82) is 0 Å². The number of rotatable bonds is 6. The molecule has 0 saturated carbocycles. The molecule has 1 atom stereocenters. The van der Waals surface area contributed by atoms with E-state index < -0.39 is 6.17 Å². The van der Waals surface area contributed by atoms with Gasteiger partial charge in [0.25, 0.3) is 5.91 Å². The molecule has 1 N–H and O–H groups in total. The van der Waals surface area contributed by atoms with Gasteiger partial charge in [0.2, 0.25) is 0 Å². The summed E-state index contributed by atoms with van der Waals surface area (Å²) in [4.78, 5) is 18.4. The van der Waals surface area contributed by atoms with Crippen molar-refractivity contribution in [2.24, 2.45) is 10.1 Å². The van der Waals surface area contributed by atoms with Gasteiger partial charge in [0.1, 0.15) is 11.4 Å². The molecule has 2 aliphatic heterocycles. The summed E-state index contributed by atoms with van der Waals surface area (Å²) < 4.78 is 6.17. The van der Waals surface area contributed by atoms with E-state index in [1.54, 1.807) is 11.1 Å². The number of ether oxygens (including phenoxy) is 1. The molecule has 3 aromatic rings. The number of nitrogens with one attached hydrogen (secondary N) is 1. The molecular weight excluding hydrogens is 432 g/mol. The first kappa shape index (κ1) is 21.3. The normalized spacial score (nSPS) is 16.9. The van der Waals surface area contributed by atoms with E-state index in [1.165, 1.54) is 11.8 Å². The number of para-hydroxylation sites is 1. The molecule has 2 heterocycles. The van der Waals surface area contributed by atoms with Gasteiger partial charge in [0, 0.05) is 16.5 Å². The van der Waals surface area contributed by atoms with Crippen molar-refractivity contribution in [3.05, 3.63) is 89.5 Å². The van der Waals surface area contributed by atoms with Crippen LogP contribution in [0.15, 0.2) is 83.4 Å². The van der Waals surface area contributed by atoms with Gasteiger partial charge in [-0.3, -0.25) is 15.1 Å². The third kappa shape index (κ3) is 3.89. The van der Waals surface area contributed by atoms with Crippen molar-refractivity contribution in [2.75, 3.05) is 12.4 Å². The first-order chi connectivity index (χ1) is 16.2. The lowest BCUT2D eigenvalue weighted by molar-refractivity contribution is -0.116. The Balaban J connectivity index is 1.78. The molecule has 0 unspecified atom stereocenters. The molecule has 0 bridgehead atoms. The van der Waals surface area contributed by atoms with Crippen molar-refractivity contribution < 1.29 is 9.53 Å². The van der Waals surface area contributed by atoms with Crippen LogP contribution in [0, 0.1) is 0 Å². The topological polar surface area (TPSA) is 66.3 Å². The van der Waals surface area contributed by atoms with Gasteiger partial charge in [-0.1, -0.05) is 73.3 Å². The molecule has 0 saturated heterocycles. The second-order valence-corrected chi connectivity index (χ2v) is 8.73. The van der Waals surface area contributed by atoms with E-state index in [4.69, 9.17) is 14.8 Å². The summed E-state index contributed by atoms with van der Waals surface area (Å²) in [6.07, 6.45) is 2.13. The van der Waals surface area contributed by atoms with E-state index >= 15 is 0 Å². The summed E-state index contributed by atoms with van der Waals surface area (Å²) in [5, 5.41) is 13.7. The Kier molecular flexibility index (Phi) is 5.88. The second-order valence-electron chi connectivity index (χ2n) is 7.72. The quantitative estimate of drug-likeness (QED) is 0.575. The highest BCUT2D eigenvalue weighted by Gasteiger charge is 2.36. The standard InChI is InChI=1S/C26H24N4O2S/c1-3-15-32-21-14-13-17-9-5-6-10-18(17)22(21)24-27-20-12-8-7-11-19(20)23-25(31)28-26(29-30(23)24)33-16-4-2/h4-14,24H,2-3,15-16H2,1H3,(H,28,29,31)/t24-/m0/s1. The summed E-state index contributed by atoms with van der Waals surface area (Å²) in [6, 6.07) is 19.9. The Bertz CT molecular complexity index is 1400. The van der Waals surface area contributed by atoms with Crippen LogP contribution in [0.25, 0.3) is 16.5 Å². The Morgan fingerprint density at radius 2 is 1.97 bits per heavy atom. The fraction of sp³-hybridized carbons (Fsp3) is 0.192. The number of carbonyl (C=O) groups is 1. The average molecular weight is 457 g/mol. The van der Waals surface area contributed by atoms with E-state index in [2.05, 4.69) is 37.0 Å². The smallest absolute Gasteiger partial charge is 0.276 e. The van der Waals surface area contributed by atoms with Crippen LogP contribution in [0.1, 0.15) is 25.1 Å². The highest BCUT2D eigenvalue weighted by atomic mass is 32.2. The lowest BCUT2D eigenvalue weighted by atomic mass is 9.99. The summed E-state index contributed by atoms with van der Waals surface area (Å²) in [6.45, 7) is 6.44. The molecule has 7 heteroatoms. The largest absolute Gasteiger partial charge is 0.493 e. The van der Waals surface area contributed by atoms with Crippen molar-refractivity contribution in [2.45, 2.75) is 19.5 Å². The zero-order valence-electron chi connectivity index (χ0n) is 18.3. The number of hydrogen-bond acceptors (Lipinski definition) is 6. The van der Waals surface area contributed by atoms with Gasteiger partial charge >= 0.3 is 0 Å². The van der Waals surface area contributed by atoms with Crippen LogP contribution >= 0.6 is 11.8 Å². The van der Waals surface area contributed by atoms with Crippen molar-refractivity contribution in [3.8, 4) is 5.75 Å². The minimum absolute atomic E-state index is 0.194. The third-order valence-electron chi connectivity index (χ3n) is 5.50. The van der Waals surface area contributed by atoms with E-state index in [0.717, 1.165) is 39.1 Å². The number of carbonyl (C=O) groups excluding carboxylic acids is 1. The predicted octanol–water partition coefficient (Wildman–Crippen LogP) is 3.69.